The summed E-state index contributed by atoms with van der Waals surface area (Å²) >= 11 is 0. The molecule has 0 saturated heterocycles. The number of benzene rings is 1. The normalized spacial score (nSPS) is 11.9. The highest BCUT2D eigenvalue weighted by atomic mass is 16.6. The van der Waals surface area contributed by atoms with Gasteiger partial charge < -0.3 is 20.3 Å². The zero-order chi connectivity index (χ0) is 14.4. The van der Waals surface area contributed by atoms with Crippen molar-refractivity contribution < 1.29 is 24.7 Å². The lowest BCUT2D eigenvalue weighted by Crippen LogP contribution is -2.25. The molecule has 3 N–H and O–H groups in total. The minimum atomic E-state index is -1.28. The molecule has 19 heavy (non-hydrogen) atoms. The van der Waals surface area contributed by atoms with E-state index in [-0.39, 0.29) is 30.1 Å². The lowest BCUT2D eigenvalue weighted by Gasteiger charge is -2.13. The summed E-state index contributed by atoms with van der Waals surface area (Å²) in [6, 6.07) is 3.73. The van der Waals surface area contributed by atoms with Crippen LogP contribution in [0.4, 0.5) is 11.4 Å². The second-order valence-corrected chi connectivity index (χ2v) is 3.75. The number of anilines is 1. The molecule has 0 heterocycles. The number of carbonyl (C=O) groups is 1. The van der Waals surface area contributed by atoms with E-state index < -0.39 is 17.0 Å². The molecule has 1 atom stereocenters. The van der Waals surface area contributed by atoms with Crippen molar-refractivity contribution in [1.29, 1.82) is 0 Å². The zero-order valence-corrected chi connectivity index (χ0v) is 10.2. The van der Waals surface area contributed by atoms with Crippen LogP contribution in [-0.2, 0) is 4.74 Å². The highest BCUT2D eigenvalue weighted by Gasteiger charge is 2.21. The van der Waals surface area contributed by atoms with Crippen LogP contribution in [0.25, 0.3) is 0 Å². The molecule has 104 valence electrons. The van der Waals surface area contributed by atoms with Crippen molar-refractivity contribution in [1.82, 2.24) is 0 Å². The second kappa shape index (κ2) is 6.66. The largest absolute Gasteiger partial charge is 0.478 e. The highest BCUT2D eigenvalue weighted by Crippen LogP contribution is 2.28. The van der Waals surface area contributed by atoms with Crippen LogP contribution < -0.4 is 5.32 Å². The third-order valence-electron chi connectivity index (χ3n) is 2.34. The average molecular weight is 270 g/mol. The van der Waals surface area contributed by atoms with Gasteiger partial charge in [0.25, 0.3) is 5.69 Å². The predicted octanol–water partition coefficient (Wildman–Crippen LogP) is 0.712. The number of carboxylic acid groups (broad SMARTS) is 1. The summed E-state index contributed by atoms with van der Waals surface area (Å²) in [5.74, 6) is -1.28. The molecule has 0 saturated carbocycles. The molecule has 0 spiro atoms. The number of hydrogen-bond acceptors (Lipinski definition) is 6. The molecule has 0 amide bonds. The third kappa shape index (κ3) is 3.90. The van der Waals surface area contributed by atoms with Crippen molar-refractivity contribution in [3.05, 3.63) is 33.9 Å². The van der Waals surface area contributed by atoms with E-state index in [9.17, 15) is 20.0 Å². The van der Waals surface area contributed by atoms with Gasteiger partial charge in [-0.15, -0.1) is 0 Å². The van der Waals surface area contributed by atoms with Gasteiger partial charge in [0, 0.05) is 19.7 Å². The van der Waals surface area contributed by atoms with Crippen molar-refractivity contribution >= 4 is 17.3 Å². The van der Waals surface area contributed by atoms with E-state index in [0.29, 0.717) is 0 Å². The minimum Gasteiger partial charge on any atom is -0.478 e. The van der Waals surface area contributed by atoms with Gasteiger partial charge in [0.15, 0.2) is 0 Å². The van der Waals surface area contributed by atoms with Gasteiger partial charge in [0.2, 0.25) is 0 Å². The van der Waals surface area contributed by atoms with Crippen molar-refractivity contribution in [3.8, 4) is 0 Å². The van der Waals surface area contributed by atoms with E-state index in [0.717, 1.165) is 0 Å². The van der Waals surface area contributed by atoms with Gasteiger partial charge in [0.1, 0.15) is 5.69 Å². The average Bonchev–Trinajstić information content (AvgIpc) is 2.35. The first kappa shape index (κ1) is 14.9. The fraction of sp³-hybridized carbons (Fsp3) is 0.364. The molecule has 0 aliphatic rings. The fourth-order valence-electron chi connectivity index (χ4n) is 1.53. The first-order chi connectivity index (χ1) is 8.97. The van der Waals surface area contributed by atoms with Gasteiger partial charge in [-0.3, -0.25) is 10.1 Å². The summed E-state index contributed by atoms with van der Waals surface area (Å²) in [6.07, 6.45) is -0.897. The lowest BCUT2D eigenvalue weighted by atomic mass is 10.1. The molecule has 8 heteroatoms. The SMILES string of the molecule is COCC(O)CNc1c(C(=O)O)cccc1[N+](=O)[O-]. The van der Waals surface area contributed by atoms with Gasteiger partial charge in [-0.25, -0.2) is 4.79 Å². The number of hydrogen-bond donors (Lipinski definition) is 3. The van der Waals surface area contributed by atoms with E-state index >= 15 is 0 Å². The Balaban J connectivity index is 3.01. The molecule has 1 aromatic carbocycles. The Morgan fingerprint density at radius 3 is 2.79 bits per heavy atom. The summed E-state index contributed by atoms with van der Waals surface area (Å²) in [4.78, 5) is 21.2. The number of aromatic carboxylic acids is 1. The van der Waals surface area contributed by atoms with Crippen molar-refractivity contribution in [2.45, 2.75) is 6.10 Å². The maximum absolute atomic E-state index is 11.0. The molecule has 1 aromatic rings. The Labute approximate surface area is 108 Å². The molecule has 1 rings (SSSR count). The zero-order valence-electron chi connectivity index (χ0n) is 10.2. The number of nitro groups is 1. The van der Waals surface area contributed by atoms with E-state index in [1.807, 2.05) is 0 Å². The smallest absolute Gasteiger partial charge is 0.338 e. The summed E-state index contributed by atoms with van der Waals surface area (Å²) in [7, 11) is 1.40. The van der Waals surface area contributed by atoms with Crippen molar-refractivity contribution in [3.63, 3.8) is 0 Å². The summed E-state index contributed by atoms with van der Waals surface area (Å²) in [5.41, 5.74) is -0.710. The van der Waals surface area contributed by atoms with E-state index in [1.165, 1.54) is 25.3 Å². The minimum absolute atomic E-state index is 0.0377. The highest BCUT2D eigenvalue weighted by molar-refractivity contribution is 5.96. The first-order valence-electron chi connectivity index (χ1n) is 5.39. The summed E-state index contributed by atoms with van der Waals surface area (Å²) in [5, 5.41) is 31.9. The maximum atomic E-state index is 11.0. The van der Waals surface area contributed by atoms with Crippen LogP contribution >= 0.6 is 0 Å². The Morgan fingerprint density at radius 1 is 1.58 bits per heavy atom. The monoisotopic (exact) mass is 270 g/mol. The molecule has 1 unspecified atom stereocenters. The maximum Gasteiger partial charge on any atom is 0.338 e. The third-order valence-corrected chi connectivity index (χ3v) is 2.34. The number of rotatable bonds is 7. The molecule has 8 nitrogen and oxygen atoms in total. The lowest BCUT2D eigenvalue weighted by molar-refractivity contribution is -0.384. The van der Waals surface area contributed by atoms with Crippen LogP contribution in [0.2, 0.25) is 0 Å². The van der Waals surface area contributed by atoms with Crippen molar-refractivity contribution in [2.24, 2.45) is 0 Å². The topological polar surface area (TPSA) is 122 Å². The number of carboxylic acids is 1. The van der Waals surface area contributed by atoms with Gasteiger partial charge in [-0.05, 0) is 6.07 Å². The van der Waals surface area contributed by atoms with Crippen molar-refractivity contribution in [2.75, 3.05) is 25.6 Å². The number of nitrogens with zero attached hydrogens (tertiary/aromatic N) is 1. The Hall–Kier alpha value is -2.19. The van der Waals surface area contributed by atoms with E-state index in [2.05, 4.69) is 5.32 Å². The Morgan fingerprint density at radius 2 is 2.26 bits per heavy atom. The molecule has 0 aromatic heterocycles. The van der Waals surface area contributed by atoms with Crippen LogP contribution in [-0.4, -0.2) is 47.5 Å². The number of methoxy groups -OCH3 is 1. The molecule has 0 aliphatic heterocycles. The number of ether oxygens (including phenoxy) is 1. The molecule has 0 aliphatic carbocycles. The van der Waals surface area contributed by atoms with Crippen LogP contribution in [0.1, 0.15) is 10.4 Å². The number of nitro benzene ring substituents is 1. The Bertz CT molecular complexity index is 444. The van der Waals surface area contributed by atoms with Crippen LogP contribution in [0.3, 0.4) is 0 Å². The molecule has 0 radical (unpaired) electrons. The number of aliphatic hydroxyl groups is 1. The Kier molecular flexibility index (Phi) is 5.22. The van der Waals surface area contributed by atoms with Crippen LogP contribution in [0.5, 0.6) is 0 Å². The quantitative estimate of drug-likeness (QED) is 0.492. The number of para-hydroxylation sites is 1. The number of nitrogens with one attached hydrogen (secondary N) is 1. The van der Waals surface area contributed by atoms with Gasteiger partial charge >= 0.3 is 5.97 Å². The molecular weight excluding hydrogens is 256 g/mol. The summed E-state index contributed by atoms with van der Waals surface area (Å²) in [6.45, 7) is -0.0188. The van der Waals surface area contributed by atoms with E-state index in [1.54, 1.807) is 0 Å². The molecule has 0 fully saturated rings. The number of aliphatic hydroxyl groups excluding tert-OH is 1. The molecular formula is C11H14N2O6. The fourth-order valence-corrected chi connectivity index (χ4v) is 1.53. The van der Waals surface area contributed by atoms with Gasteiger partial charge in [-0.1, -0.05) is 6.07 Å². The standard InChI is InChI=1S/C11H14N2O6/c1-19-6-7(14)5-12-10-8(11(15)16)3-2-4-9(10)13(17)18/h2-4,7,12,14H,5-6H2,1H3,(H,15,16). The van der Waals surface area contributed by atoms with Crippen LogP contribution in [0.15, 0.2) is 18.2 Å². The predicted molar refractivity (Wildman–Crippen MR) is 66.4 cm³/mol. The van der Waals surface area contributed by atoms with Gasteiger partial charge in [0.05, 0.1) is 23.2 Å². The van der Waals surface area contributed by atoms with Crippen LogP contribution in [0, 0.1) is 10.1 Å². The summed E-state index contributed by atoms with van der Waals surface area (Å²) < 4.78 is 4.71. The first-order valence-corrected chi connectivity index (χ1v) is 5.39. The van der Waals surface area contributed by atoms with E-state index in [4.69, 9.17) is 9.84 Å². The van der Waals surface area contributed by atoms with Gasteiger partial charge in [-0.2, -0.15) is 0 Å². The molecule has 0 bridgehead atoms. The second-order valence-electron chi connectivity index (χ2n) is 3.75.